The predicted octanol–water partition coefficient (Wildman–Crippen LogP) is 5.98. The number of nitrogens with zero attached hydrogens (tertiary/aromatic N) is 2. The summed E-state index contributed by atoms with van der Waals surface area (Å²) in [6, 6.07) is 13.7. The van der Waals surface area contributed by atoms with Crippen LogP contribution in [0.25, 0.3) is 11.1 Å². The molecule has 2 heterocycles. The van der Waals surface area contributed by atoms with Crippen molar-refractivity contribution in [1.29, 1.82) is 0 Å². The van der Waals surface area contributed by atoms with Gasteiger partial charge in [0.2, 0.25) is 0 Å². The number of halogens is 3. The molecule has 1 atom stereocenters. The fraction of sp³-hybridized carbons (Fsp3) is 0.250. The zero-order valence-corrected chi connectivity index (χ0v) is 18.5. The second kappa shape index (κ2) is 9.35. The minimum absolute atomic E-state index is 0.0653. The second-order valence-electron chi connectivity index (χ2n) is 7.55. The number of methoxy groups -OCH3 is 1. The standard InChI is InChI=1S/C24H21F3N2O3S/c1-32-19-6-2-3-7-21(19)33-20-9-8-15(13-17(20)24(25,26)27)16-10-11-28-22(14-16)29-12-4-5-18(29)23(30)31/h2-3,6-11,13-14,18H,4-5,12H2,1H3,(H,30,31)/t18-/m0/s1. The van der Waals surface area contributed by atoms with Crippen molar-refractivity contribution in [3.05, 3.63) is 66.4 Å². The van der Waals surface area contributed by atoms with Gasteiger partial charge in [-0.2, -0.15) is 13.2 Å². The number of carbonyl (C=O) groups is 1. The van der Waals surface area contributed by atoms with Crippen molar-refractivity contribution in [3.8, 4) is 16.9 Å². The molecule has 1 fully saturated rings. The van der Waals surface area contributed by atoms with E-state index < -0.39 is 23.8 Å². The maximum absolute atomic E-state index is 14.0. The van der Waals surface area contributed by atoms with E-state index in [-0.39, 0.29) is 4.90 Å². The predicted molar refractivity (Wildman–Crippen MR) is 120 cm³/mol. The highest BCUT2D eigenvalue weighted by molar-refractivity contribution is 7.99. The van der Waals surface area contributed by atoms with Crippen molar-refractivity contribution < 1.29 is 27.8 Å². The molecule has 33 heavy (non-hydrogen) atoms. The molecule has 1 aromatic heterocycles. The Bertz CT molecular complexity index is 1170. The number of aromatic nitrogens is 1. The zero-order valence-electron chi connectivity index (χ0n) is 17.7. The normalized spacial score (nSPS) is 16.1. The van der Waals surface area contributed by atoms with E-state index >= 15 is 0 Å². The Morgan fingerprint density at radius 3 is 2.61 bits per heavy atom. The van der Waals surface area contributed by atoms with E-state index in [0.29, 0.717) is 40.6 Å². The number of hydrogen-bond acceptors (Lipinski definition) is 5. The number of para-hydroxylation sites is 1. The van der Waals surface area contributed by atoms with Crippen LogP contribution in [0.1, 0.15) is 18.4 Å². The van der Waals surface area contributed by atoms with Crippen molar-refractivity contribution in [2.45, 2.75) is 34.9 Å². The highest BCUT2D eigenvalue weighted by Crippen LogP contribution is 2.43. The third-order valence-corrected chi connectivity index (χ3v) is 6.62. The van der Waals surface area contributed by atoms with E-state index in [1.807, 2.05) is 0 Å². The van der Waals surface area contributed by atoms with Gasteiger partial charge in [-0.05, 0) is 60.4 Å². The lowest BCUT2D eigenvalue weighted by atomic mass is 10.0. The molecule has 9 heteroatoms. The summed E-state index contributed by atoms with van der Waals surface area (Å²) in [6.07, 6.45) is -1.84. The van der Waals surface area contributed by atoms with Crippen LogP contribution in [-0.2, 0) is 11.0 Å². The SMILES string of the molecule is COc1ccccc1Sc1ccc(-c2ccnc(N3CCC[C@H]3C(=O)O)c2)cc1C(F)(F)F. The Hall–Kier alpha value is -3.20. The summed E-state index contributed by atoms with van der Waals surface area (Å²) in [5.41, 5.74) is 0.163. The van der Waals surface area contributed by atoms with Gasteiger partial charge in [-0.1, -0.05) is 30.0 Å². The average Bonchev–Trinajstić information content (AvgIpc) is 3.30. The summed E-state index contributed by atoms with van der Waals surface area (Å²) in [5.74, 6) is 0.00675. The molecule has 3 aromatic rings. The van der Waals surface area contributed by atoms with Gasteiger partial charge in [0.1, 0.15) is 17.6 Å². The van der Waals surface area contributed by atoms with Crippen molar-refractivity contribution >= 4 is 23.5 Å². The van der Waals surface area contributed by atoms with Crippen molar-refractivity contribution in [1.82, 2.24) is 4.98 Å². The van der Waals surface area contributed by atoms with Gasteiger partial charge in [-0.15, -0.1) is 0 Å². The number of rotatable bonds is 6. The minimum Gasteiger partial charge on any atom is -0.496 e. The van der Waals surface area contributed by atoms with Crippen LogP contribution in [0, 0.1) is 0 Å². The lowest BCUT2D eigenvalue weighted by molar-refractivity contribution is -0.140. The van der Waals surface area contributed by atoms with Crippen LogP contribution >= 0.6 is 11.8 Å². The summed E-state index contributed by atoms with van der Waals surface area (Å²) < 4.78 is 47.2. The molecule has 1 aliphatic rings. The number of ether oxygens (including phenoxy) is 1. The monoisotopic (exact) mass is 474 g/mol. The van der Waals surface area contributed by atoms with Crippen LogP contribution < -0.4 is 9.64 Å². The third kappa shape index (κ3) is 4.93. The van der Waals surface area contributed by atoms with Crippen LogP contribution in [-0.4, -0.2) is 35.8 Å². The summed E-state index contributed by atoms with van der Waals surface area (Å²) in [6.45, 7) is 0.537. The van der Waals surface area contributed by atoms with E-state index in [4.69, 9.17) is 4.74 Å². The molecule has 172 valence electrons. The van der Waals surface area contributed by atoms with E-state index in [1.165, 1.54) is 19.4 Å². The Morgan fingerprint density at radius 2 is 1.88 bits per heavy atom. The number of carboxylic acids is 1. The van der Waals surface area contributed by atoms with E-state index in [1.54, 1.807) is 47.4 Å². The van der Waals surface area contributed by atoms with E-state index in [0.717, 1.165) is 24.2 Å². The number of carboxylic acid groups (broad SMARTS) is 1. The molecule has 0 spiro atoms. The van der Waals surface area contributed by atoms with Gasteiger partial charge in [0, 0.05) is 17.6 Å². The lowest BCUT2D eigenvalue weighted by Gasteiger charge is -2.23. The third-order valence-electron chi connectivity index (χ3n) is 5.48. The van der Waals surface area contributed by atoms with Gasteiger partial charge in [-0.25, -0.2) is 9.78 Å². The summed E-state index contributed by atoms with van der Waals surface area (Å²) in [5, 5.41) is 9.44. The van der Waals surface area contributed by atoms with Gasteiger partial charge in [0.15, 0.2) is 0 Å². The maximum atomic E-state index is 14.0. The van der Waals surface area contributed by atoms with Crippen molar-refractivity contribution in [2.75, 3.05) is 18.6 Å². The van der Waals surface area contributed by atoms with Gasteiger partial charge in [-0.3, -0.25) is 0 Å². The number of hydrogen-bond donors (Lipinski definition) is 1. The van der Waals surface area contributed by atoms with E-state index in [2.05, 4.69) is 4.98 Å². The Kier molecular flexibility index (Phi) is 6.51. The number of aliphatic carboxylic acids is 1. The van der Waals surface area contributed by atoms with Crippen molar-refractivity contribution in [2.24, 2.45) is 0 Å². The number of benzene rings is 2. The topological polar surface area (TPSA) is 62.7 Å². The largest absolute Gasteiger partial charge is 0.496 e. The molecule has 5 nitrogen and oxygen atoms in total. The van der Waals surface area contributed by atoms with Crippen LogP contribution in [0.4, 0.5) is 19.0 Å². The van der Waals surface area contributed by atoms with Gasteiger partial charge < -0.3 is 14.7 Å². The molecule has 0 unspecified atom stereocenters. The number of anilines is 1. The number of alkyl halides is 3. The molecule has 1 N–H and O–H groups in total. The highest BCUT2D eigenvalue weighted by atomic mass is 32.2. The molecular weight excluding hydrogens is 453 g/mol. The molecule has 1 saturated heterocycles. The van der Waals surface area contributed by atoms with Gasteiger partial charge in [0.25, 0.3) is 0 Å². The summed E-state index contributed by atoms with van der Waals surface area (Å²) in [4.78, 5) is 18.1. The lowest BCUT2D eigenvalue weighted by Crippen LogP contribution is -2.36. The number of pyridine rings is 1. The molecule has 2 aromatic carbocycles. The highest BCUT2D eigenvalue weighted by Gasteiger charge is 2.35. The van der Waals surface area contributed by atoms with Gasteiger partial charge in [0.05, 0.1) is 17.6 Å². The molecular formula is C24H21F3N2O3S. The second-order valence-corrected chi connectivity index (χ2v) is 8.64. The average molecular weight is 475 g/mol. The van der Waals surface area contributed by atoms with Crippen LogP contribution in [0.3, 0.4) is 0 Å². The summed E-state index contributed by atoms with van der Waals surface area (Å²) in [7, 11) is 1.48. The first-order chi connectivity index (χ1) is 15.8. The van der Waals surface area contributed by atoms with Crippen LogP contribution in [0.15, 0.2) is 70.6 Å². The minimum atomic E-state index is -4.56. The molecule has 0 bridgehead atoms. The smallest absolute Gasteiger partial charge is 0.417 e. The fourth-order valence-electron chi connectivity index (χ4n) is 3.89. The Morgan fingerprint density at radius 1 is 1.12 bits per heavy atom. The maximum Gasteiger partial charge on any atom is 0.417 e. The molecule has 0 saturated carbocycles. The van der Waals surface area contributed by atoms with Crippen LogP contribution in [0.5, 0.6) is 5.75 Å². The first kappa shape index (κ1) is 23.0. The fourth-order valence-corrected chi connectivity index (χ4v) is 4.95. The molecule has 1 aliphatic heterocycles. The molecule has 0 amide bonds. The van der Waals surface area contributed by atoms with Crippen molar-refractivity contribution in [3.63, 3.8) is 0 Å². The Labute approximate surface area is 193 Å². The Balaban J connectivity index is 1.70. The molecule has 0 radical (unpaired) electrons. The molecule has 0 aliphatic carbocycles. The first-order valence-electron chi connectivity index (χ1n) is 10.3. The first-order valence-corrected chi connectivity index (χ1v) is 11.1. The zero-order chi connectivity index (χ0) is 23.6. The summed E-state index contributed by atoms with van der Waals surface area (Å²) >= 11 is 0.992. The van der Waals surface area contributed by atoms with Crippen LogP contribution in [0.2, 0.25) is 0 Å². The quantitative estimate of drug-likeness (QED) is 0.474. The van der Waals surface area contributed by atoms with Gasteiger partial charge >= 0.3 is 12.1 Å². The van der Waals surface area contributed by atoms with E-state index in [9.17, 15) is 23.1 Å². The molecule has 4 rings (SSSR count).